The first-order chi connectivity index (χ1) is 9.97. The summed E-state index contributed by atoms with van der Waals surface area (Å²) in [6.45, 7) is 1.94. The molecule has 5 heteroatoms. The molecule has 110 valence electrons. The second-order valence-corrected chi connectivity index (χ2v) is 5.04. The van der Waals surface area contributed by atoms with Crippen LogP contribution in [0.5, 0.6) is 0 Å². The second kappa shape index (κ2) is 6.35. The number of aromatic nitrogens is 1. The monoisotopic (exact) mass is 287 g/mol. The molecule has 0 aliphatic rings. The summed E-state index contributed by atoms with van der Waals surface area (Å²) in [7, 11) is 3.44. The van der Waals surface area contributed by atoms with E-state index in [1.807, 2.05) is 19.1 Å². The van der Waals surface area contributed by atoms with Gasteiger partial charge in [0.1, 0.15) is 5.82 Å². The molecule has 0 bridgehead atoms. The maximum atomic E-state index is 12.8. The molecule has 1 aromatic carbocycles. The maximum Gasteiger partial charge on any atom is 0.253 e. The van der Waals surface area contributed by atoms with Crippen molar-refractivity contribution in [2.24, 2.45) is 0 Å². The fourth-order valence-corrected chi connectivity index (χ4v) is 1.93. The molecular formula is C16H18FN3O. The number of hydrogen-bond donors (Lipinski definition) is 1. The molecule has 0 radical (unpaired) electrons. The summed E-state index contributed by atoms with van der Waals surface area (Å²) in [5.41, 5.74) is 2.27. The Balaban J connectivity index is 2.06. The van der Waals surface area contributed by atoms with Crippen LogP contribution in [0.2, 0.25) is 0 Å². The van der Waals surface area contributed by atoms with Gasteiger partial charge >= 0.3 is 0 Å². The van der Waals surface area contributed by atoms with Gasteiger partial charge in [-0.2, -0.15) is 0 Å². The summed E-state index contributed by atoms with van der Waals surface area (Å²) in [6.07, 6.45) is 1.20. The first-order valence-corrected chi connectivity index (χ1v) is 6.67. The molecule has 0 aliphatic heterocycles. The molecule has 0 aliphatic carbocycles. The van der Waals surface area contributed by atoms with Crippen molar-refractivity contribution < 1.29 is 9.18 Å². The summed E-state index contributed by atoms with van der Waals surface area (Å²) >= 11 is 0. The fraction of sp³-hybridized carbons (Fsp3) is 0.250. The van der Waals surface area contributed by atoms with Crippen LogP contribution in [0.15, 0.2) is 42.6 Å². The molecule has 1 unspecified atom stereocenters. The molecule has 2 rings (SSSR count). The number of amides is 1. The number of rotatable bonds is 4. The van der Waals surface area contributed by atoms with Gasteiger partial charge in [0.15, 0.2) is 0 Å². The minimum absolute atomic E-state index is 0.0326. The molecule has 0 fully saturated rings. The summed E-state index contributed by atoms with van der Waals surface area (Å²) in [4.78, 5) is 17.4. The van der Waals surface area contributed by atoms with Gasteiger partial charge in [0.05, 0.1) is 17.9 Å². The Morgan fingerprint density at radius 1 is 1.19 bits per heavy atom. The lowest BCUT2D eigenvalue weighted by molar-refractivity contribution is 0.0827. The van der Waals surface area contributed by atoms with E-state index in [0.717, 1.165) is 11.4 Å². The third kappa shape index (κ3) is 3.78. The summed E-state index contributed by atoms with van der Waals surface area (Å²) in [6, 6.07) is 10.2. The van der Waals surface area contributed by atoms with Gasteiger partial charge in [-0.3, -0.25) is 9.78 Å². The Bertz CT molecular complexity index is 608. The normalized spacial score (nSPS) is 11.8. The third-order valence-electron chi connectivity index (χ3n) is 3.12. The lowest BCUT2D eigenvalue weighted by atomic mass is 10.1. The molecule has 0 saturated carbocycles. The number of halogens is 1. The van der Waals surface area contributed by atoms with Gasteiger partial charge in [0.25, 0.3) is 5.91 Å². The number of carbonyl (C=O) groups is 1. The Labute approximate surface area is 123 Å². The van der Waals surface area contributed by atoms with Crippen molar-refractivity contribution >= 4 is 11.6 Å². The van der Waals surface area contributed by atoms with Crippen molar-refractivity contribution in [1.82, 2.24) is 9.88 Å². The van der Waals surface area contributed by atoms with Crippen LogP contribution in [0.4, 0.5) is 10.1 Å². The van der Waals surface area contributed by atoms with Crippen LogP contribution in [0.25, 0.3) is 0 Å². The highest BCUT2D eigenvalue weighted by molar-refractivity contribution is 5.94. The van der Waals surface area contributed by atoms with E-state index in [1.165, 1.54) is 17.2 Å². The average molecular weight is 287 g/mol. The highest BCUT2D eigenvalue weighted by Crippen LogP contribution is 2.18. The van der Waals surface area contributed by atoms with Crippen LogP contribution >= 0.6 is 0 Å². The molecular weight excluding hydrogens is 269 g/mol. The zero-order chi connectivity index (χ0) is 15.4. The number of nitrogens with zero attached hydrogens (tertiary/aromatic N) is 2. The molecule has 21 heavy (non-hydrogen) atoms. The summed E-state index contributed by atoms with van der Waals surface area (Å²) < 4.78 is 12.8. The Morgan fingerprint density at radius 2 is 1.86 bits per heavy atom. The topological polar surface area (TPSA) is 45.2 Å². The van der Waals surface area contributed by atoms with Gasteiger partial charge in [-0.05, 0) is 43.3 Å². The van der Waals surface area contributed by atoms with Gasteiger partial charge in [0.2, 0.25) is 0 Å². The number of pyridine rings is 1. The van der Waals surface area contributed by atoms with E-state index in [0.29, 0.717) is 5.56 Å². The van der Waals surface area contributed by atoms with Gasteiger partial charge < -0.3 is 10.2 Å². The van der Waals surface area contributed by atoms with Crippen molar-refractivity contribution in [2.45, 2.75) is 13.0 Å². The zero-order valence-electron chi connectivity index (χ0n) is 12.3. The lowest BCUT2D eigenvalue weighted by Crippen LogP contribution is -2.21. The van der Waals surface area contributed by atoms with E-state index in [9.17, 15) is 9.18 Å². The molecule has 2 aromatic rings. The number of benzene rings is 1. The predicted octanol–water partition coefficient (Wildman–Crippen LogP) is 3.10. The number of anilines is 1. The average Bonchev–Trinajstić information content (AvgIpc) is 2.47. The highest BCUT2D eigenvalue weighted by atomic mass is 19.1. The van der Waals surface area contributed by atoms with E-state index < -0.39 is 0 Å². The number of nitrogens with one attached hydrogen (secondary N) is 1. The minimum Gasteiger partial charge on any atom is -0.377 e. The number of hydrogen-bond acceptors (Lipinski definition) is 3. The van der Waals surface area contributed by atoms with E-state index in [4.69, 9.17) is 0 Å². The van der Waals surface area contributed by atoms with Crippen LogP contribution in [-0.2, 0) is 0 Å². The molecule has 1 N–H and O–H groups in total. The SMILES string of the molecule is CC(Nc1ccc(C(=O)N(C)C)cc1)c1ccc(F)cn1. The highest BCUT2D eigenvalue weighted by Gasteiger charge is 2.09. The van der Waals surface area contributed by atoms with E-state index in [1.54, 1.807) is 32.3 Å². The molecule has 1 heterocycles. The Kier molecular flexibility index (Phi) is 4.52. The Morgan fingerprint density at radius 3 is 2.38 bits per heavy atom. The lowest BCUT2D eigenvalue weighted by Gasteiger charge is -2.15. The van der Waals surface area contributed by atoms with Crippen LogP contribution in [-0.4, -0.2) is 29.9 Å². The van der Waals surface area contributed by atoms with Gasteiger partial charge in [-0.15, -0.1) is 0 Å². The molecule has 1 aromatic heterocycles. The predicted molar refractivity (Wildman–Crippen MR) is 80.7 cm³/mol. The van der Waals surface area contributed by atoms with Crippen LogP contribution < -0.4 is 5.32 Å². The molecule has 0 spiro atoms. The standard InChI is InChI=1S/C16H18FN3O/c1-11(15-9-6-13(17)10-18-15)19-14-7-4-12(5-8-14)16(21)20(2)3/h4-11,19H,1-3H3. The van der Waals surface area contributed by atoms with Crippen LogP contribution in [0, 0.1) is 5.82 Å². The van der Waals surface area contributed by atoms with E-state index in [2.05, 4.69) is 10.3 Å². The van der Waals surface area contributed by atoms with Crippen molar-refractivity contribution in [3.05, 3.63) is 59.7 Å². The zero-order valence-corrected chi connectivity index (χ0v) is 12.3. The summed E-state index contributed by atoms with van der Waals surface area (Å²) in [5.74, 6) is -0.382. The minimum atomic E-state index is -0.350. The van der Waals surface area contributed by atoms with Gasteiger partial charge in [-0.25, -0.2) is 4.39 Å². The van der Waals surface area contributed by atoms with Crippen molar-refractivity contribution in [2.75, 3.05) is 19.4 Å². The van der Waals surface area contributed by atoms with Crippen molar-refractivity contribution in [1.29, 1.82) is 0 Å². The third-order valence-corrected chi connectivity index (χ3v) is 3.12. The quantitative estimate of drug-likeness (QED) is 0.940. The molecule has 0 saturated heterocycles. The molecule has 1 amide bonds. The maximum absolute atomic E-state index is 12.8. The first-order valence-electron chi connectivity index (χ1n) is 6.67. The van der Waals surface area contributed by atoms with Gasteiger partial charge in [-0.1, -0.05) is 0 Å². The Hall–Kier alpha value is -2.43. The first kappa shape index (κ1) is 15.0. The van der Waals surface area contributed by atoms with Gasteiger partial charge in [0, 0.05) is 25.3 Å². The summed E-state index contributed by atoms with van der Waals surface area (Å²) in [5, 5.41) is 3.26. The molecule has 4 nitrogen and oxygen atoms in total. The van der Waals surface area contributed by atoms with E-state index >= 15 is 0 Å². The fourth-order valence-electron chi connectivity index (χ4n) is 1.93. The molecule has 1 atom stereocenters. The smallest absolute Gasteiger partial charge is 0.253 e. The van der Waals surface area contributed by atoms with E-state index in [-0.39, 0.29) is 17.8 Å². The largest absolute Gasteiger partial charge is 0.377 e. The van der Waals surface area contributed by atoms with Crippen LogP contribution in [0.1, 0.15) is 29.0 Å². The number of carbonyl (C=O) groups excluding carboxylic acids is 1. The second-order valence-electron chi connectivity index (χ2n) is 5.04. The van der Waals surface area contributed by atoms with Crippen molar-refractivity contribution in [3.8, 4) is 0 Å². The van der Waals surface area contributed by atoms with Crippen LogP contribution in [0.3, 0.4) is 0 Å². The van der Waals surface area contributed by atoms with Crippen molar-refractivity contribution in [3.63, 3.8) is 0 Å².